The van der Waals surface area contributed by atoms with Gasteiger partial charge in [-0.3, -0.25) is 4.79 Å². The van der Waals surface area contributed by atoms with E-state index in [2.05, 4.69) is 0 Å². The molecule has 0 aliphatic carbocycles. The molecule has 0 amide bonds. The minimum atomic E-state index is -0.987. The standard InChI is InChI=1S/C15H12F2O2/c16-12-6-4-10(5-7-12)14(9-15(18)19)11-2-1-3-13(17)8-11/h1-8,14H,9H2,(H,18,19)/t14-/m0/s1. The van der Waals surface area contributed by atoms with Crippen LogP contribution in [0.15, 0.2) is 48.5 Å². The molecule has 2 aromatic rings. The number of hydrogen-bond donors (Lipinski definition) is 1. The first kappa shape index (κ1) is 13.2. The SMILES string of the molecule is O=C(O)C[C@@H](c1ccc(F)cc1)c1cccc(F)c1. The van der Waals surface area contributed by atoms with Gasteiger partial charge in [0.05, 0.1) is 6.42 Å². The van der Waals surface area contributed by atoms with Crippen LogP contribution in [0.3, 0.4) is 0 Å². The number of hydrogen-bond acceptors (Lipinski definition) is 1. The molecule has 0 radical (unpaired) electrons. The summed E-state index contributed by atoms with van der Waals surface area (Å²) < 4.78 is 26.1. The summed E-state index contributed by atoms with van der Waals surface area (Å²) in [4.78, 5) is 10.9. The predicted octanol–water partition coefficient (Wildman–Crippen LogP) is 3.57. The highest BCUT2D eigenvalue weighted by molar-refractivity contribution is 5.69. The predicted molar refractivity (Wildman–Crippen MR) is 66.9 cm³/mol. The summed E-state index contributed by atoms with van der Waals surface area (Å²) >= 11 is 0. The molecule has 2 nitrogen and oxygen atoms in total. The van der Waals surface area contributed by atoms with Crippen LogP contribution in [0.2, 0.25) is 0 Å². The number of halogens is 2. The number of carboxylic acids is 1. The molecule has 98 valence electrons. The Morgan fingerprint density at radius 3 is 2.26 bits per heavy atom. The van der Waals surface area contributed by atoms with Crippen LogP contribution in [0.1, 0.15) is 23.5 Å². The lowest BCUT2D eigenvalue weighted by atomic mass is 9.88. The molecule has 0 bridgehead atoms. The lowest BCUT2D eigenvalue weighted by molar-refractivity contribution is -0.137. The van der Waals surface area contributed by atoms with Crippen LogP contribution < -0.4 is 0 Å². The van der Waals surface area contributed by atoms with Gasteiger partial charge >= 0.3 is 5.97 Å². The van der Waals surface area contributed by atoms with Crippen molar-refractivity contribution in [3.8, 4) is 0 Å². The fourth-order valence-corrected chi connectivity index (χ4v) is 2.02. The van der Waals surface area contributed by atoms with Crippen LogP contribution in [-0.2, 0) is 4.79 Å². The van der Waals surface area contributed by atoms with Crippen molar-refractivity contribution in [2.24, 2.45) is 0 Å². The quantitative estimate of drug-likeness (QED) is 0.914. The van der Waals surface area contributed by atoms with Crippen LogP contribution in [0.25, 0.3) is 0 Å². The van der Waals surface area contributed by atoms with E-state index in [0.717, 1.165) is 0 Å². The minimum absolute atomic E-state index is 0.172. The van der Waals surface area contributed by atoms with Crippen LogP contribution in [0.4, 0.5) is 8.78 Å². The first-order chi connectivity index (χ1) is 9.06. The van der Waals surface area contributed by atoms with Crippen molar-refractivity contribution in [3.05, 3.63) is 71.3 Å². The van der Waals surface area contributed by atoms with Gasteiger partial charge in [-0.05, 0) is 35.4 Å². The van der Waals surface area contributed by atoms with E-state index in [9.17, 15) is 13.6 Å². The highest BCUT2D eigenvalue weighted by Crippen LogP contribution is 2.28. The van der Waals surface area contributed by atoms with Gasteiger partial charge in [-0.25, -0.2) is 8.78 Å². The zero-order valence-corrected chi connectivity index (χ0v) is 10.0. The minimum Gasteiger partial charge on any atom is -0.481 e. The van der Waals surface area contributed by atoms with Gasteiger partial charge in [0.2, 0.25) is 0 Å². The van der Waals surface area contributed by atoms with E-state index in [1.807, 2.05) is 0 Å². The smallest absolute Gasteiger partial charge is 0.304 e. The van der Waals surface area contributed by atoms with Crippen molar-refractivity contribution >= 4 is 5.97 Å². The van der Waals surface area contributed by atoms with Gasteiger partial charge in [0.1, 0.15) is 11.6 Å². The fourth-order valence-electron chi connectivity index (χ4n) is 2.02. The summed E-state index contributed by atoms with van der Waals surface area (Å²) in [5, 5.41) is 8.96. The zero-order chi connectivity index (χ0) is 13.8. The van der Waals surface area contributed by atoms with Crippen LogP contribution in [0.5, 0.6) is 0 Å². The number of carboxylic acid groups (broad SMARTS) is 1. The lowest BCUT2D eigenvalue weighted by Crippen LogP contribution is -2.08. The highest BCUT2D eigenvalue weighted by atomic mass is 19.1. The summed E-state index contributed by atoms with van der Waals surface area (Å²) in [5.41, 5.74) is 1.21. The van der Waals surface area contributed by atoms with Gasteiger partial charge in [-0.1, -0.05) is 24.3 Å². The van der Waals surface area contributed by atoms with Crippen LogP contribution in [-0.4, -0.2) is 11.1 Å². The molecule has 2 aromatic carbocycles. The molecule has 0 heterocycles. The lowest BCUT2D eigenvalue weighted by Gasteiger charge is -2.16. The summed E-state index contributed by atoms with van der Waals surface area (Å²) in [7, 11) is 0. The van der Waals surface area contributed by atoms with E-state index in [-0.39, 0.29) is 6.42 Å². The van der Waals surface area contributed by atoms with E-state index >= 15 is 0 Å². The van der Waals surface area contributed by atoms with Gasteiger partial charge in [-0.15, -0.1) is 0 Å². The van der Waals surface area contributed by atoms with Crippen molar-refractivity contribution in [1.29, 1.82) is 0 Å². The highest BCUT2D eigenvalue weighted by Gasteiger charge is 2.18. The average molecular weight is 262 g/mol. The van der Waals surface area contributed by atoms with Crippen LogP contribution >= 0.6 is 0 Å². The van der Waals surface area contributed by atoms with Gasteiger partial charge in [0, 0.05) is 5.92 Å². The summed E-state index contributed by atoms with van der Waals surface area (Å²) in [6, 6.07) is 11.4. The van der Waals surface area contributed by atoms with Crippen molar-refractivity contribution in [3.63, 3.8) is 0 Å². The molecule has 0 saturated carbocycles. The molecule has 2 rings (SSSR count). The second kappa shape index (κ2) is 5.61. The molecule has 0 aromatic heterocycles. The topological polar surface area (TPSA) is 37.3 Å². The van der Waals surface area contributed by atoms with Crippen molar-refractivity contribution in [1.82, 2.24) is 0 Å². The third-order valence-corrected chi connectivity index (χ3v) is 2.90. The first-order valence-corrected chi connectivity index (χ1v) is 5.79. The molecule has 0 saturated heterocycles. The van der Waals surface area contributed by atoms with Gasteiger partial charge in [-0.2, -0.15) is 0 Å². The Labute approximate surface area is 109 Å². The maximum absolute atomic E-state index is 13.2. The molecule has 4 heteroatoms. The van der Waals surface area contributed by atoms with E-state index < -0.39 is 23.5 Å². The Balaban J connectivity index is 2.40. The van der Waals surface area contributed by atoms with Crippen molar-refractivity contribution in [2.75, 3.05) is 0 Å². The molecule has 0 unspecified atom stereocenters. The monoisotopic (exact) mass is 262 g/mol. The molecular formula is C15H12F2O2. The summed E-state index contributed by atoms with van der Waals surface area (Å²) in [5.74, 6) is -2.29. The molecule has 0 spiro atoms. The molecular weight excluding hydrogens is 250 g/mol. The third kappa shape index (κ3) is 3.37. The Morgan fingerprint density at radius 2 is 1.68 bits per heavy atom. The van der Waals surface area contributed by atoms with E-state index in [1.54, 1.807) is 6.07 Å². The molecule has 1 N–H and O–H groups in total. The van der Waals surface area contributed by atoms with Crippen molar-refractivity contribution < 1.29 is 18.7 Å². The molecule has 1 atom stereocenters. The largest absolute Gasteiger partial charge is 0.481 e. The molecule has 19 heavy (non-hydrogen) atoms. The summed E-state index contributed by atoms with van der Waals surface area (Å²) in [6.07, 6.45) is -0.172. The Hall–Kier alpha value is -2.23. The maximum atomic E-state index is 13.2. The van der Waals surface area contributed by atoms with Gasteiger partial charge < -0.3 is 5.11 Å². The Bertz CT molecular complexity index is 579. The Morgan fingerprint density at radius 1 is 1.00 bits per heavy atom. The van der Waals surface area contributed by atoms with Gasteiger partial charge in [0.15, 0.2) is 0 Å². The average Bonchev–Trinajstić information content (AvgIpc) is 2.37. The third-order valence-electron chi connectivity index (χ3n) is 2.90. The second-order valence-electron chi connectivity index (χ2n) is 4.26. The normalized spacial score (nSPS) is 12.1. The number of benzene rings is 2. The Kier molecular flexibility index (Phi) is 3.90. The second-order valence-corrected chi connectivity index (χ2v) is 4.26. The maximum Gasteiger partial charge on any atom is 0.304 e. The zero-order valence-electron chi connectivity index (χ0n) is 10.0. The number of rotatable bonds is 4. The number of carbonyl (C=O) groups is 1. The van der Waals surface area contributed by atoms with E-state index in [1.165, 1.54) is 42.5 Å². The van der Waals surface area contributed by atoms with Crippen molar-refractivity contribution in [2.45, 2.75) is 12.3 Å². The van der Waals surface area contributed by atoms with E-state index in [0.29, 0.717) is 11.1 Å². The number of aliphatic carboxylic acids is 1. The molecule has 0 fully saturated rings. The fraction of sp³-hybridized carbons (Fsp3) is 0.133. The van der Waals surface area contributed by atoms with Crippen LogP contribution in [0, 0.1) is 11.6 Å². The summed E-state index contributed by atoms with van der Waals surface area (Å²) in [6.45, 7) is 0. The van der Waals surface area contributed by atoms with E-state index in [4.69, 9.17) is 5.11 Å². The molecule has 0 aliphatic rings. The first-order valence-electron chi connectivity index (χ1n) is 5.79. The van der Waals surface area contributed by atoms with Gasteiger partial charge in [0.25, 0.3) is 0 Å². The molecule has 0 aliphatic heterocycles.